The molecule has 0 atom stereocenters. The van der Waals surface area contributed by atoms with Crippen molar-refractivity contribution in [2.75, 3.05) is 20.2 Å². The number of ether oxygens (including phenoxy) is 1. The predicted octanol–water partition coefficient (Wildman–Crippen LogP) is 6.26. The van der Waals surface area contributed by atoms with Crippen molar-refractivity contribution in [3.8, 4) is 5.75 Å². The highest BCUT2D eigenvalue weighted by Gasteiger charge is 2.34. The Bertz CT molecular complexity index is 1110. The average molecular weight is 423 g/mol. The van der Waals surface area contributed by atoms with Crippen LogP contribution < -0.4 is 4.74 Å². The average Bonchev–Trinajstić information content (AvgIpc) is 2.85. The largest absolute Gasteiger partial charge is 0.496 e. The predicted molar refractivity (Wildman–Crippen MR) is 132 cm³/mol. The molecule has 1 saturated heterocycles. The molecule has 0 bridgehead atoms. The van der Waals surface area contributed by atoms with Crippen molar-refractivity contribution in [1.29, 1.82) is 0 Å². The van der Waals surface area contributed by atoms with Crippen molar-refractivity contribution in [3.63, 3.8) is 0 Å². The van der Waals surface area contributed by atoms with E-state index >= 15 is 0 Å². The Morgan fingerprint density at radius 1 is 0.688 bits per heavy atom. The first-order valence-corrected chi connectivity index (χ1v) is 11.4. The van der Waals surface area contributed by atoms with E-state index in [-0.39, 0.29) is 6.17 Å². The molecule has 0 aliphatic carbocycles. The number of hydrogen-bond donors (Lipinski definition) is 0. The van der Waals surface area contributed by atoms with Gasteiger partial charge in [0.05, 0.1) is 13.3 Å². The molecule has 4 aromatic carbocycles. The SMILES string of the molecule is COc1ccc2ccccc2c1C1N(Cc2ccccc2)CCCN1Cc1ccccc1. The van der Waals surface area contributed by atoms with Crippen LogP contribution in [0.4, 0.5) is 0 Å². The molecule has 0 radical (unpaired) electrons. The minimum atomic E-state index is 0.144. The van der Waals surface area contributed by atoms with E-state index in [1.54, 1.807) is 7.11 Å². The summed E-state index contributed by atoms with van der Waals surface area (Å²) in [5, 5.41) is 2.53. The third kappa shape index (κ3) is 4.27. The zero-order chi connectivity index (χ0) is 21.8. The van der Waals surface area contributed by atoms with Gasteiger partial charge in [-0.1, -0.05) is 91.0 Å². The van der Waals surface area contributed by atoms with Crippen LogP contribution in [0.5, 0.6) is 5.75 Å². The number of benzene rings is 4. The number of rotatable bonds is 6. The first-order chi connectivity index (χ1) is 15.8. The Kier molecular flexibility index (Phi) is 6.20. The third-order valence-electron chi connectivity index (χ3n) is 6.45. The fourth-order valence-electron chi connectivity index (χ4n) is 5.00. The normalized spacial score (nSPS) is 15.8. The minimum Gasteiger partial charge on any atom is -0.496 e. The highest BCUT2D eigenvalue weighted by atomic mass is 16.5. The molecule has 1 aliphatic heterocycles. The van der Waals surface area contributed by atoms with Crippen molar-refractivity contribution in [1.82, 2.24) is 9.80 Å². The molecular weight excluding hydrogens is 392 g/mol. The van der Waals surface area contributed by atoms with Crippen LogP contribution in [0.3, 0.4) is 0 Å². The van der Waals surface area contributed by atoms with E-state index in [9.17, 15) is 0 Å². The molecule has 0 unspecified atom stereocenters. The van der Waals surface area contributed by atoms with Gasteiger partial charge in [-0.2, -0.15) is 0 Å². The molecule has 1 fully saturated rings. The Balaban J connectivity index is 1.62. The van der Waals surface area contributed by atoms with Crippen LogP contribution in [0.25, 0.3) is 10.8 Å². The molecule has 0 N–H and O–H groups in total. The second kappa shape index (κ2) is 9.56. The number of hydrogen-bond acceptors (Lipinski definition) is 3. The lowest BCUT2D eigenvalue weighted by Gasteiger charge is -2.45. The smallest absolute Gasteiger partial charge is 0.125 e. The van der Waals surface area contributed by atoms with Gasteiger partial charge in [0, 0.05) is 31.7 Å². The fourth-order valence-corrected chi connectivity index (χ4v) is 5.00. The summed E-state index contributed by atoms with van der Waals surface area (Å²) in [5.41, 5.74) is 3.97. The molecule has 0 aromatic heterocycles. The first kappa shape index (κ1) is 20.7. The monoisotopic (exact) mass is 422 g/mol. The molecule has 0 spiro atoms. The summed E-state index contributed by atoms with van der Waals surface area (Å²) in [4.78, 5) is 5.23. The number of methoxy groups -OCH3 is 1. The van der Waals surface area contributed by atoms with E-state index in [1.807, 2.05) is 0 Å². The van der Waals surface area contributed by atoms with Crippen LogP contribution in [-0.2, 0) is 13.1 Å². The number of fused-ring (bicyclic) bond motifs is 1. The van der Waals surface area contributed by atoms with Gasteiger partial charge in [0.15, 0.2) is 0 Å². The molecule has 4 aromatic rings. The maximum Gasteiger partial charge on any atom is 0.125 e. The van der Waals surface area contributed by atoms with Gasteiger partial charge >= 0.3 is 0 Å². The maximum atomic E-state index is 5.95. The van der Waals surface area contributed by atoms with E-state index in [4.69, 9.17) is 4.74 Å². The summed E-state index contributed by atoms with van der Waals surface area (Å²) in [6.45, 7) is 3.97. The van der Waals surface area contributed by atoms with E-state index in [0.29, 0.717) is 0 Å². The van der Waals surface area contributed by atoms with Crippen molar-refractivity contribution >= 4 is 10.8 Å². The Labute approximate surface area is 190 Å². The van der Waals surface area contributed by atoms with Gasteiger partial charge in [-0.3, -0.25) is 9.80 Å². The quantitative estimate of drug-likeness (QED) is 0.365. The molecule has 3 nitrogen and oxygen atoms in total. The van der Waals surface area contributed by atoms with Gasteiger partial charge in [-0.05, 0) is 34.4 Å². The minimum absolute atomic E-state index is 0.144. The zero-order valence-electron chi connectivity index (χ0n) is 18.7. The summed E-state index contributed by atoms with van der Waals surface area (Å²) in [6.07, 6.45) is 1.30. The Morgan fingerprint density at radius 2 is 1.25 bits per heavy atom. The molecule has 162 valence electrons. The van der Waals surface area contributed by atoms with Gasteiger partial charge in [-0.15, -0.1) is 0 Å². The number of nitrogens with zero attached hydrogens (tertiary/aromatic N) is 2. The maximum absolute atomic E-state index is 5.95. The second-order valence-electron chi connectivity index (χ2n) is 8.54. The van der Waals surface area contributed by atoms with E-state index in [1.165, 1.54) is 27.5 Å². The molecular formula is C29H30N2O. The van der Waals surface area contributed by atoms with Crippen molar-refractivity contribution in [2.45, 2.75) is 25.7 Å². The molecule has 1 aliphatic rings. The summed E-state index contributed by atoms with van der Waals surface area (Å²) in [5.74, 6) is 0.965. The first-order valence-electron chi connectivity index (χ1n) is 11.4. The van der Waals surface area contributed by atoms with E-state index in [0.717, 1.165) is 38.3 Å². The van der Waals surface area contributed by atoms with Crippen LogP contribution in [0.15, 0.2) is 97.1 Å². The lowest BCUT2D eigenvalue weighted by molar-refractivity contribution is -0.00941. The van der Waals surface area contributed by atoms with Crippen molar-refractivity contribution in [3.05, 3.63) is 114 Å². The fraction of sp³-hybridized carbons (Fsp3) is 0.241. The highest BCUT2D eigenvalue weighted by molar-refractivity contribution is 5.88. The van der Waals surface area contributed by atoms with Gasteiger partial charge < -0.3 is 4.74 Å². The third-order valence-corrected chi connectivity index (χ3v) is 6.45. The molecule has 0 saturated carbocycles. The molecule has 32 heavy (non-hydrogen) atoms. The van der Waals surface area contributed by atoms with E-state index < -0.39 is 0 Å². The van der Waals surface area contributed by atoms with Crippen molar-refractivity contribution < 1.29 is 4.74 Å². The molecule has 5 rings (SSSR count). The van der Waals surface area contributed by atoms with E-state index in [2.05, 4.69) is 107 Å². The van der Waals surface area contributed by atoms with Gasteiger partial charge in [-0.25, -0.2) is 0 Å². The van der Waals surface area contributed by atoms with Crippen LogP contribution >= 0.6 is 0 Å². The molecule has 3 heteroatoms. The van der Waals surface area contributed by atoms with Crippen molar-refractivity contribution in [2.24, 2.45) is 0 Å². The van der Waals surface area contributed by atoms with Crippen LogP contribution in [-0.4, -0.2) is 30.0 Å². The molecule has 1 heterocycles. The van der Waals surface area contributed by atoms with Crippen LogP contribution in [0, 0.1) is 0 Å². The summed E-state index contributed by atoms with van der Waals surface area (Å²) in [6, 6.07) is 34.6. The van der Waals surface area contributed by atoms with Gasteiger partial charge in [0.1, 0.15) is 5.75 Å². The van der Waals surface area contributed by atoms with Crippen LogP contribution in [0.1, 0.15) is 29.3 Å². The van der Waals surface area contributed by atoms with Crippen LogP contribution in [0.2, 0.25) is 0 Å². The zero-order valence-corrected chi connectivity index (χ0v) is 18.7. The topological polar surface area (TPSA) is 15.7 Å². The Hall–Kier alpha value is -3.14. The second-order valence-corrected chi connectivity index (χ2v) is 8.54. The standard InChI is InChI=1S/C29H30N2O/c1-32-27-18-17-25-15-8-9-16-26(25)28(27)29-30(21-23-11-4-2-5-12-23)19-10-20-31(29)22-24-13-6-3-7-14-24/h2-9,11-18,29H,10,19-22H2,1H3. The van der Waals surface area contributed by atoms with Gasteiger partial charge in [0.25, 0.3) is 0 Å². The highest BCUT2D eigenvalue weighted by Crippen LogP contribution is 2.41. The Morgan fingerprint density at radius 3 is 1.84 bits per heavy atom. The summed E-state index contributed by atoms with van der Waals surface area (Å²) >= 11 is 0. The lowest BCUT2D eigenvalue weighted by atomic mass is 9.97. The van der Waals surface area contributed by atoms with Gasteiger partial charge in [0.2, 0.25) is 0 Å². The molecule has 0 amide bonds. The summed E-state index contributed by atoms with van der Waals surface area (Å²) in [7, 11) is 1.79. The summed E-state index contributed by atoms with van der Waals surface area (Å²) < 4.78 is 5.95. The lowest BCUT2D eigenvalue weighted by Crippen LogP contribution is -2.47.